The van der Waals surface area contributed by atoms with Crippen LogP contribution in [0.2, 0.25) is 0 Å². The molecular formula is C15H14N2O7. The van der Waals surface area contributed by atoms with Crippen molar-refractivity contribution < 1.29 is 24.1 Å². The molecule has 0 radical (unpaired) electrons. The monoisotopic (exact) mass is 334 g/mol. The van der Waals surface area contributed by atoms with Gasteiger partial charge in [0.1, 0.15) is 11.5 Å². The normalized spacial score (nSPS) is 9.25. The molecule has 0 saturated carbocycles. The lowest BCUT2D eigenvalue weighted by Crippen LogP contribution is -1.93. The van der Waals surface area contributed by atoms with Crippen molar-refractivity contribution in [3.8, 4) is 11.5 Å². The molecule has 0 bridgehead atoms. The van der Waals surface area contributed by atoms with E-state index in [2.05, 4.69) is 0 Å². The predicted octanol–water partition coefficient (Wildman–Crippen LogP) is 3.02. The number of nitrogens with zero attached hydrogens (tertiary/aromatic N) is 2. The van der Waals surface area contributed by atoms with Gasteiger partial charge in [0.25, 0.3) is 11.4 Å². The number of nitro benzene ring substituents is 2. The molecule has 0 heterocycles. The fourth-order valence-corrected chi connectivity index (χ4v) is 1.63. The van der Waals surface area contributed by atoms with Crippen LogP contribution in [0, 0.1) is 20.2 Å². The van der Waals surface area contributed by atoms with Gasteiger partial charge in [-0.25, -0.2) is 0 Å². The van der Waals surface area contributed by atoms with E-state index in [9.17, 15) is 25.0 Å². The molecule has 0 spiro atoms. The van der Waals surface area contributed by atoms with Crippen LogP contribution in [-0.2, 0) is 0 Å². The summed E-state index contributed by atoms with van der Waals surface area (Å²) in [6, 6.07) is 9.76. The minimum Gasteiger partial charge on any atom is -0.497 e. The van der Waals surface area contributed by atoms with Crippen LogP contribution in [0.5, 0.6) is 11.5 Å². The molecule has 0 unspecified atom stereocenters. The Morgan fingerprint density at radius 1 is 0.875 bits per heavy atom. The van der Waals surface area contributed by atoms with Gasteiger partial charge in [-0.15, -0.1) is 0 Å². The molecule has 0 aliphatic heterocycles. The molecule has 126 valence electrons. The molecule has 2 aromatic carbocycles. The molecule has 9 nitrogen and oxygen atoms in total. The van der Waals surface area contributed by atoms with Crippen LogP contribution >= 0.6 is 0 Å². The average molecular weight is 334 g/mol. The van der Waals surface area contributed by atoms with Crippen molar-refractivity contribution >= 4 is 17.7 Å². The third-order valence-corrected chi connectivity index (χ3v) is 2.83. The smallest absolute Gasteiger partial charge is 0.270 e. The second-order valence-electron chi connectivity index (χ2n) is 4.26. The van der Waals surface area contributed by atoms with E-state index in [4.69, 9.17) is 9.47 Å². The summed E-state index contributed by atoms with van der Waals surface area (Å²) in [6.45, 7) is 0. The third kappa shape index (κ3) is 5.05. The quantitative estimate of drug-likeness (QED) is 0.468. The van der Waals surface area contributed by atoms with E-state index in [1.54, 1.807) is 12.1 Å². The summed E-state index contributed by atoms with van der Waals surface area (Å²) in [5, 5.41) is 20.5. The average Bonchev–Trinajstić information content (AvgIpc) is 2.61. The van der Waals surface area contributed by atoms with E-state index in [0.717, 1.165) is 0 Å². The van der Waals surface area contributed by atoms with Gasteiger partial charge in [-0.1, -0.05) is 0 Å². The van der Waals surface area contributed by atoms with Crippen molar-refractivity contribution in [2.24, 2.45) is 0 Å². The number of benzene rings is 2. The first kappa shape index (κ1) is 18.6. The molecule has 9 heteroatoms. The van der Waals surface area contributed by atoms with E-state index < -0.39 is 9.85 Å². The zero-order valence-corrected chi connectivity index (χ0v) is 12.9. The number of carbonyl (C=O) groups is 1. The Hall–Kier alpha value is -3.49. The van der Waals surface area contributed by atoms with Gasteiger partial charge < -0.3 is 9.47 Å². The summed E-state index contributed by atoms with van der Waals surface area (Å²) < 4.78 is 9.64. The second kappa shape index (κ2) is 8.83. The van der Waals surface area contributed by atoms with E-state index in [0.29, 0.717) is 17.8 Å². The standard InChI is InChI=1S/C8H7NO4.C7H7NO3/c1-13-8-3-2-7(9(11)12)4-6(8)5-10;1-11-7-4-2-6(3-5-7)8(9)10/h2-5H,1H3;2-5H,1H3. The van der Waals surface area contributed by atoms with Gasteiger partial charge in [-0.3, -0.25) is 25.0 Å². The predicted molar refractivity (Wildman–Crippen MR) is 84.7 cm³/mol. The van der Waals surface area contributed by atoms with E-state index in [1.807, 2.05) is 0 Å². The molecule has 0 atom stereocenters. The topological polar surface area (TPSA) is 122 Å². The molecule has 2 rings (SSSR count). The lowest BCUT2D eigenvalue weighted by molar-refractivity contribution is -0.385. The lowest BCUT2D eigenvalue weighted by Gasteiger charge is -2.01. The van der Waals surface area contributed by atoms with E-state index >= 15 is 0 Å². The van der Waals surface area contributed by atoms with Crippen molar-refractivity contribution in [2.45, 2.75) is 0 Å². The zero-order valence-electron chi connectivity index (χ0n) is 12.9. The molecule has 0 aromatic heterocycles. The van der Waals surface area contributed by atoms with Crippen LogP contribution in [0.1, 0.15) is 10.4 Å². The molecule has 0 fully saturated rings. The van der Waals surface area contributed by atoms with Crippen LogP contribution in [0.4, 0.5) is 11.4 Å². The number of hydrogen-bond acceptors (Lipinski definition) is 7. The Kier molecular flexibility index (Phi) is 6.83. The van der Waals surface area contributed by atoms with Gasteiger partial charge >= 0.3 is 0 Å². The van der Waals surface area contributed by atoms with Crippen LogP contribution in [0.15, 0.2) is 42.5 Å². The minimum absolute atomic E-state index is 0.0748. The minimum atomic E-state index is -0.563. The van der Waals surface area contributed by atoms with Crippen LogP contribution in [0.25, 0.3) is 0 Å². The van der Waals surface area contributed by atoms with Crippen molar-refractivity contribution in [3.05, 3.63) is 68.3 Å². The number of hydrogen-bond donors (Lipinski definition) is 0. The van der Waals surface area contributed by atoms with Crippen molar-refractivity contribution in [1.29, 1.82) is 0 Å². The van der Waals surface area contributed by atoms with Crippen LogP contribution in [-0.4, -0.2) is 30.4 Å². The summed E-state index contributed by atoms with van der Waals surface area (Å²) in [7, 11) is 2.91. The number of carbonyl (C=O) groups excluding carboxylic acids is 1. The Balaban J connectivity index is 0.000000243. The van der Waals surface area contributed by atoms with Gasteiger partial charge in [-0.2, -0.15) is 0 Å². The summed E-state index contributed by atoms with van der Waals surface area (Å²) in [4.78, 5) is 29.9. The van der Waals surface area contributed by atoms with Gasteiger partial charge in [0.05, 0.1) is 29.6 Å². The van der Waals surface area contributed by atoms with Gasteiger partial charge in [0.15, 0.2) is 6.29 Å². The molecule has 0 N–H and O–H groups in total. The maximum absolute atomic E-state index is 10.5. The third-order valence-electron chi connectivity index (χ3n) is 2.83. The highest BCUT2D eigenvalue weighted by atomic mass is 16.6. The molecule has 24 heavy (non-hydrogen) atoms. The number of aldehydes is 1. The first-order chi connectivity index (χ1) is 11.4. The number of methoxy groups -OCH3 is 2. The number of ether oxygens (including phenoxy) is 2. The molecule has 0 amide bonds. The fourth-order valence-electron chi connectivity index (χ4n) is 1.63. The molecule has 0 saturated heterocycles. The van der Waals surface area contributed by atoms with Gasteiger partial charge in [0.2, 0.25) is 0 Å². The van der Waals surface area contributed by atoms with Crippen LogP contribution < -0.4 is 9.47 Å². The van der Waals surface area contributed by atoms with Gasteiger partial charge in [-0.05, 0) is 18.2 Å². The van der Waals surface area contributed by atoms with Crippen LogP contribution in [0.3, 0.4) is 0 Å². The molecule has 0 aliphatic rings. The Labute approximate surface area is 136 Å². The van der Waals surface area contributed by atoms with Crippen molar-refractivity contribution in [1.82, 2.24) is 0 Å². The Morgan fingerprint density at radius 3 is 1.83 bits per heavy atom. The highest BCUT2D eigenvalue weighted by Crippen LogP contribution is 2.22. The number of nitro groups is 2. The number of non-ortho nitro benzene ring substituents is 2. The van der Waals surface area contributed by atoms with E-state index in [1.165, 1.54) is 44.6 Å². The maximum atomic E-state index is 10.5. The zero-order chi connectivity index (χ0) is 18.1. The molecular weight excluding hydrogens is 320 g/mol. The summed E-state index contributed by atoms with van der Waals surface area (Å²) in [6.07, 6.45) is 0.520. The second-order valence-corrected chi connectivity index (χ2v) is 4.26. The Bertz CT molecular complexity index is 729. The highest BCUT2D eigenvalue weighted by molar-refractivity contribution is 5.80. The Morgan fingerprint density at radius 2 is 1.42 bits per heavy atom. The molecule has 0 aliphatic carbocycles. The SMILES string of the molecule is COc1ccc([N+](=O)[O-])cc1.COc1ccc([N+](=O)[O-])cc1C=O. The largest absolute Gasteiger partial charge is 0.497 e. The summed E-state index contributed by atoms with van der Waals surface area (Å²) in [5.41, 5.74) is 0.130. The van der Waals surface area contributed by atoms with E-state index in [-0.39, 0.29) is 16.9 Å². The number of rotatable bonds is 5. The first-order valence-corrected chi connectivity index (χ1v) is 6.49. The first-order valence-electron chi connectivity index (χ1n) is 6.49. The lowest BCUT2D eigenvalue weighted by atomic mass is 10.2. The van der Waals surface area contributed by atoms with Crippen molar-refractivity contribution in [2.75, 3.05) is 14.2 Å². The summed E-state index contributed by atoms with van der Waals surface area (Å²) >= 11 is 0. The van der Waals surface area contributed by atoms with Gasteiger partial charge in [0, 0.05) is 24.3 Å². The summed E-state index contributed by atoms with van der Waals surface area (Å²) in [5.74, 6) is 0.955. The fraction of sp³-hybridized carbons (Fsp3) is 0.133. The molecule has 2 aromatic rings. The maximum Gasteiger partial charge on any atom is 0.270 e. The van der Waals surface area contributed by atoms with Crippen molar-refractivity contribution in [3.63, 3.8) is 0 Å². The highest BCUT2D eigenvalue weighted by Gasteiger charge is 2.09.